The molecule has 1 amide bonds. The topological polar surface area (TPSA) is 108 Å². The highest BCUT2D eigenvalue weighted by molar-refractivity contribution is 5.97. The Morgan fingerprint density at radius 3 is 2.21 bits per heavy atom. The smallest absolute Gasteiger partial charge is 0.271 e. The number of amides is 1. The van der Waals surface area contributed by atoms with Crippen LogP contribution in [-0.2, 0) is 4.79 Å². The molecule has 2 rings (SSSR count). The molecule has 29 heavy (non-hydrogen) atoms. The molecule has 0 aliphatic heterocycles. The zero-order chi connectivity index (χ0) is 20.9. The highest BCUT2D eigenvalue weighted by atomic mass is 16.6. The van der Waals surface area contributed by atoms with Gasteiger partial charge in [-0.3, -0.25) is 14.9 Å². The standard InChI is InChI=1S/C22H30N4O3/c23-16-18(17-24-20-13-10-14-21(15-20)26(28)29)22(27)25-19-11-8-6-4-2-1-3-5-7-9-12-19/h10,13-15,17,19,24H,1-9,11-12H2,(H,25,27)/b18-17-. The number of nitrogens with zero attached hydrogens (tertiary/aromatic N) is 2. The fraction of sp³-hybridized carbons (Fsp3) is 0.545. The third-order valence-electron chi connectivity index (χ3n) is 5.25. The Hall–Kier alpha value is -2.88. The molecule has 0 spiro atoms. The molecule has 0 bridgehead atoms. The number of nitrogens with one attached hydrogen (secondary N) is 2. The van der Waals surface area contributed by atoms with Gasteiger partial charge in [0.2, 0.25) is 0 Å². The zero-order valence-electron chi connectivity index (χ0n) is 16.9. The number of nitro benzene ring substituents is 1. The van der Waals surface area contributed by atoms with Crippen LogP contribution >= 0.6 is 0 Å². The van der Waals surface area contributed by atoms with Gasteiger partial charge in [0.05, 0.1) is 4.92 Å². The molecule has 7 nitrogen and oxygen atoms in total. The molecule has 2 N–H and O–H groups in total. The third-order valence-corrected chi connectivity index (χ3v) is 5.25. The number of carbonyl (C=O) groups excluding carboxylic acids is 1. The van der Waals surface area contributed by atoms with Gasteiger partial charge in [0.15, 0.2) is 0 Å². The SMILES string of the molecule is N#C/C(=C/Nc1cccc([N+](=O)[O-])c1)C(=O)NC1CCCCCCCCCCC1. The Morgan fingerprint density at radius 1 is 1.07 bits per heavy atom. The Balaban J connectivity index is 1.95. The van der Waals surface area contributed by atoms with Crippen LogP contribution < -0.4 is 10.6 Å². The first kappa shape index (κ1) is 22.4. The number of hydrogen-bond donors (Lipinski definition) is 2. The summed E-state index contributed by atoms with van der Waals surface area (Å²) >= 11 is 0. The van der Waals surface area contributed by atoms with E-state index in [4.69, 9.17) is 0 Å². The van der Waals surface area contributed by atoms with Gasteiger partial charge in [-0.1, -0.05) is 63.9 Å². The lowest BCUT2D eigenvalue weighted by Crippen LogP contribution is -2.35. The van der Waals surface area contributed by atoms with E-state index < -0.39 is 10.8 Å². The summed E-state index contributed by atoms with van der Waals surface area (Å²) in [6.07, 6.45) is 14.1. The van der Waals surface area contributed by atoms with E-state index in [1.54, 1.807) is 12.1 Å². The van der Waals surface area contributed by atoms with Crippen molar-refractivity contribution in [1.82, 2.24) is 5.32 Å². The first-order valence-electron chi connectivity index (χ1n) is 10.5. The van der Waals surface area contributed by atoms with Crippen LogP contribution in [0.1, 0.15) is 70.6 Å². The number of rotatable bonds is 5. The predicted octanol–water partition coefficient (Wildman–Crippen LogP) is 5.20. The van der Waals surface area contributed by atoms with Crippen molar-refractivity contribution in [3.8, 4) is 6.07 Å². The second kappa shape index (κ2) is 12.6. The molecule has 0 saturated heterocycles. The fourth-order valence-electron chi connectivity index (χ4n) is 3.58. The minimum Gasteiger partial charge on any atom is -0.360 e. The van der Waals surface area contributed by atoms with Crippen molar-refractivity contribution in [2.75, 3.05) is 5.32 Å². The van der Waals surface area contributed by atoms with E-state index in [1.807, 2.05) is 6.07 Å². The number of nitro groups is 1. The van der Waals surface area contributed by atoms with E-state index in [9.17, 15) is 20.2 Å². The van der Waals surface area contributed by atoms with E-state index in [0.29, 0.717) is 5.69 Å². The molecule has 1 fully saturated rings. The molecule has 1 aliphatic rings. The summed E-state index contributed by atoms with van der Waals surface area (Å²) in [5.41, 5.74) is 0.355. The summed E-state index contributed by atoms with van der Waals surface area (Å²) in [5.74, 6) is -0.400. The molecular formula is C22H30N4O3. The number of nitriles is 1. The first-order chi connectivity index (χ1) is 14.1. The number of hydrogen-bond acceptors (Lipinski definition) is 5. The largest absolute Gasteiger partial charge is 0.360 e. The predicted molar refractivity (Wildman–Crippen MR) is 113 cm³/mol. The van der Waals surface area contributed by atoms with Gasteiger partial charge >= 0.3 is 0 Å². The Bertz CT molecular complexity index is 743. The van der Waals surface area contributed by atoms with Crippen molar-refractivity contribution < 1.29 is 9.72 Å². The van der Waals surface area contributed by atoms with Gasteiger partial charge in [-0.25, -0.2) is 0 Å². The maximum Gasteiger partial charge on any atom is 0.271 e. The van der Waals surface area contributed by atoms with Crippen LogP contribution in [0.2, 0.25) is 0 Å². The van der Waals surface area contributed by atoms with Crippen LogP contribution in [-0.4, -0.2) is 16.9 Å². The van der Waals surface area contributed by atoms with Crippen molar-refractivity contribution in [2.45, 2.75) is 76.7 Å². The Kier molecular flexibility index (Phi) is 9.70. The molecule has 0 aromatic heterocycles. The van der Waals surface area contributed by atoms with Gasteiger partial charge in [-0.2, -0.15) is 5.26 Å². The summed E-state index contributed by atoms with van der Waals surface area (Å²) in [6.45, 7) is 0. The number of benzene rings is 1. The highest BCUT2D eigenvalue weighted by Crippen LogP contribution is 2.18. The zero-order valence-corrected chi connectivity index (χ0v) is 16.9. The van der Waals surface area contributed by atoms with E-state index in [-0.39, 0.29) is 17.3 Å². The fourth-order valence-corrected chi connectivity index (χ4v) is 3.58. The van der Waals surface area contributed by atoms with Crippen molar-refractivity contribution >= 4 is 17.3 Å². The quantitative estimate of drug-likeness (QED) is 0.306. The van der Waals surface area contributed by atoms with Crippen LogP contribution in [0.25, 0.3) is 0 Å². The van der Waals surface area contributed by atoms with Crippen LogP contribution in [0.4, 0.5) is 11.4 Å². The lowest BCUT2D eigenvalue weighted by Gasteiger charge is -2.19. The summed E-state index contributed by atoms with van der Waals surface area (Å²) in [4.78, 5) is 22.9. The van der Waals surface area contributed by atoms with Gasteiger partial charge in [0.1, 0.15) is 11.6 Å². The van der Waals surface area contributed by atoms with E-state index in [0.717, 1.165) is 25.7 Å². The lowest BCUT2D eigenvalue weighted by molar-refractivity contribution is -0.384. The van der Waals surface area contributed by atoms with E-state index >= 15 is 0 Å². The maximum absolute atomic E-state index is 12.6. The van der Waals surface area contributed by atoms with Gasteiger partial charge < -0.3 is 10.6 Å². The van der Waals surface area contributed by atoms with Gasteiger partial charge in [-0.15, -0.1) is 0 Å². The number of anilines is 1. The maximum atomic E-state index is 12.6. The van der Waals surface area contributed by atoms with Crippen LogP contribution in [0.3, 0.4) is 0 Å². The van der Waals surface area contributed by atoms with E-state index in [1.165, 1.54) is 63.3 Å². The summed E-state index contributed by atoms with van der Waals surface area (Å²) in [6, 6.07) is 7.93. The van der Waals surface area contributed by atoms with E-state index in [2.05, 4.69) is 10.6 Å². The summed E-state index contributed by atoms with van der Waals surface area (Å²) < 4.78 is 0. The lowest BCUT2D eigenvalue weighted by atomic mass is 9.98. The van der Waals surface area contributed by atoms with Crippen LogP contribution in [0.15, 0.2) is 36.0 Å². The van der Waals surface area contributed by atoms with Crippen molar-refractivity contribution in [3.63, 3.8) is 0 Å². The minimum absolute atomic E-state index is 0.0392. The molecule has 1 aliphatic carbocycles. The Morgan fingerprint density at radius 2 is 1.66 bits per heavy atom. The summed E-state index contributed by atoms with van der Waals surface area (Å²) in [5, 5.41) is 26.1. The molecule has 1 aromatic rings. The minimum atomic E-state index is -0.490. The first-order valence-corrected chi connectivity index (χ1v) is 10.5. The average Bonchev–Trinajstić information content (AvgIpc) is 2.70. The highest BCUT2D eigenvalue weighted by Gasteiger charge is 2.16. The molecule has 1 aromatic carbocycles. The van der Waals surface area contributed by atoms with Crippen LogP contribution in [0, 0.1) is 21.4 Å². The second-order valence-electron chi connectivity index (χ2n) is 7.55. The molecule has 0 atom stereocenters. The molecule has 0 unspecified atom stereocenters. The number of non-ortho nitro benzene ring substituents is 1. The summed E-state index contributed by atoms with van der Waals surface area (Å²) in [7, 11) is 0. The molecular weight excluding hydrogens is 368 g/mol. The third kappa shape index (κ3) is 8.34. The normalized spacial score (nSPS) is 17.3. The molecule has 1 saturated carbocycles. The molecule has 156 valence electrons. The van der Waals surface area contributed by atoms with Crippen molar-refractivity contribution in [3.05, 3.63) is 46.2 Å². The monoisotopic (exact) mass is 398 g/mol. The van der Waals surface area contributed by atoms with Gasteiger partial charge in [0, 0.05) is 30.1 Å². The van der Waals surface area contributed by atoms with Crippen molar-refractivity contribution in [2.24, 2.45) is 0 Å². The molecule has 0 radical (unpaired) electrons. The Labute approximate surface area is 172 Å². The van der Waals surface area contributed by atoms with Crippen LogP contribution in [0.5, 0.6) is 0 Å². The second-order valence-corrected chi connectivity index (χ2v) is 7.55. The average molecular weight is 399 g/mol. The van der Waals surface area contributed by atoms with Gasteiger partial charge in [0.25, 0.3) is 11.6 Å². The van der Waals surface area contributed by atoms with Crippen molar-refractivity contribution in [1.29, 1.82) is 5.26 Å². The molecule has 0 heterocycles. The number of carbonyl (C=O) groups is 1. The van der Waals surface area contributed by atoms with Gasteiger partial charge in [-0.05, 0) is 18.9 Å². The molecule has 7 heteroatoms.